The maximum absolute atomic E-state index is 11.6. The Morgan fingerprint density at radius 2 is 1.44 bits per heavy atom. The number of hydrogen-bond donors (Lipinski definition) is 6. The van der Waals surface area contributed by atoms with Crippen LogP contribution in [0.4, 0.5) is 4.79 Å². The molecule has 2 amide bonds. The number of unbranched alkanes of at least 4 members (excludes halogenated alkanes) is 4. The van der Waals surface area contributed by atoms with E-state index < -0.39 is 6.09 Å². The van der Waals surface area contributed by atoms with Crippen molar-refractivity contribution in [3.05, 3.63) is 0 Å². The van der Waals surface area contributed by atoms with Crippen LogP contribution >= 0.6 is 0 Å². The van der Waals surface area contributed by atoms with Gasteiger partial charge in [0, 0.05) is 19.6 Å². The molecule has 0 unspecified atom stereocenters. The number of guanidine groups is 1. The SMILES string of the molecule is NCCCNCCCCNC(=O)COC(=O)NCCCCCCN=C(N)N. The third-order valence-corrected chi connectivity index (χ3v) is 3.64. The zero-order valence-electron chi connectivity index (χ0n) is 16.3. The molecule has 9 N–H and O–H groups in total. The Balaban J connectivity index is 3.38. The minimum Gasteiger partial charge on any atom is -0.439 e. The topological polar surface area (TPSA) is 170 Å². The first-order valence-electron chi connectivity index (χ1n) is 9.69. The molecule has 0 aliphatic carbocycles. The maximum atomic E-state index is 11.6. The van der Waals surface area contributed by atoms with Gasteiger partial charge in [-0.1, -0.05) is 12.8 Å². The number of aliphatic imine (C=N–C) groups is 1. The number of carbonyl (C=O) groups is 2. The monoisotopic (exact) mass is 387 g/mol. The third-order valence-electron chi connectivity index (χ3n) is 3.64. The molecule has 0 bridgehead atoms. The Hall–Kier alpha value is -2.07. The van der Waals surface area contributed by atoms with E-state index >= 15 is 0 Å². The predicted octanol–water partition coefficient (Wildman–Crippen LogP) is -0.619. The Labute approximate surface area is 162 Å². The van der Waals surface area contributed by atoms with Crippen LogP contribution in [0.15, 0.2) is 4.99 Å². The van der Waals surface area contributed by atoms with Gasteiger partial charge >= 0.3 is 6.09 Å². The number of hydrogen-bond acceptors (Lipinski definition) is 6. The Kier molecular flexibility index (Phi) is 17.3. The van der Waals surface area contributed by atoms with Gasteiger partial charge in [-0.05, 0) is 51.7 Å². The number of ether oxygens (including phenoxy) is 1. The lowest BCUT2D eigenvalue weighted by molar-refractivity contribution is -0.123. The van der Waals surface area contributed by atoms with Gasteiger partial charge in [-0.15, -0.1) is 0 Å². The highest BCUT2D eigenvalue weighted by Crippen LogP contribution is 1.99. The second-order valence-corrected chi connectivity index (χ2v) is 6.17. The van der Waals surface area contributed by atoms with E-state index in [2.05, 4.69) is 20.9 Å². The maximum Gasteiger partial charge on any atom is 0.407 e. The predicted molar refractivity (Wildman–Crippen MR) is 107 cm³/mol. The van der Waals surface area contributed by atoms with Crippen molar-refractivity contribution in [1.29, 1.82) is 0 Å². The molecular weight excluding hydrogens is 350 g/mol. The van der Waals surface area contributed by atoms with E-state index in [0.29, 0.717) is 26.2 Å². The van der Waals surface area contributed by atoms with Gasteiger partial charge < -0.3 is 37.9 Å². The fraction of sp³-hybridized carbons (Fsp3) is 0.824. The zero-order valence-corrected chi connectivity index (χ0v) is 16.3. The molecule has 0 aliphatic heterocycles. The normalized spacial score (nSPS) is 10.3. The van der Waals surface area contributed by atoms with Gasteiger partial charge in [0.15, 0.2) is 12.6 Å². The highest BCUT2D eigenvalue weighted by atomic mass is 16.6. The molecule has 0 aliphatic rings. The molecule has 0 heterocycles. The summed E-state index contributed by atoms with van der Waals surface area (Å²) < 4.78 is 4.87. The minimum absolute atomic E-state index is 0.110. The molecule has 0 fully saturated rings. The molecule has 0 saturated heterocycles. The first-order valence-corrected chi connectivity index (χ1v) is 9.69. The van der Waals surface area contributed by atoms with Crippen molar-refractivity contribution in [1.82, 2.24) is 16.0 Å². The fourth-order valence-corrected chi connectivity index (χ4v) is 2.18. The number of nitrogens with two attached hydrogens (primary N) is 3. The first kappa shape index (κ1) is 24.9. The van der Waals surface area contributed by atoms with Crippen LogP contribution in [0.1, 0.15) is 44.9 Å². The molecule has 0 aromatic heterocycles. The van der Waals surface area contributed by atoms with E-state index in [0.717, 1.165) is 58.0 Å². The zero-order chi connectivity index (χ0) is 20.2. The number of nitrogens with zero attached hydrogens (tertiary/aromatic N) is 1. The summed E-state index contributed by atoms with van der Waals surface area (Å²) in [5.41, 5.74) is 15.9. The summed E-state index contributed by atoms with van der Waals surface area (Å²) in [6.45, 7) is 3.96. The molecule has 10 nitrogen and oxygen atoms in total. The molecule has 0 rings (SSSR count). The summed E-state index contributed by atoms with van der Waals surface area (Å²) in [4.78, 5) is 27.0. The molecule has 0 radical (unpaired) electrons. The number of amides is 2. The molecular formula is C17H37N7O3. The van der Waals surface area contributed by atoms with E-state index in [-0.39, 0.29) is 18.5 Å². The lowest BCUT2D eigenvalue weighted by atomic mass is 10.2. The van der Waals surface area contributed by atoms with Gasteiger partial charge in [0.2, 0.25) is 0 Å². The highest BCUT2D eigenvalue weighted by Gasteiger charge is 2.06. The second kappa shape index (κ2) is 18.7. The third kappa shape index (κ3) is 20.1. The number of nitrogens with one attached hydrogen (secondary N) is 3. The van der Waals surface area contributed by atoms with Gasteiger partial charge in [-0.25, -0.2) is 4.79 Å². The largest absolute Gasteiger partial charge is 0.439 e. The average molecular weight is 388 g/mol. The second-order valence-electron chi connectivity index (χ2n) is 6.17. The smallest absolute Gasteiger partial charge is 0.407 e. The van der Waals surface area contributed by atoms with Crippen molar-refractivity contribution in [3.8, 4) is 0 Å². The van der Waals surface area contributed by atoms with E-state index in [4.69, 9.17) is 21.9 Å². The molecule has 27 heavy (non-hydrogen) atoms. The van der Waals surface area contributed by atoms with Crippen LogP contribution in [-0.2, 0) is 9.53 Å². The molecule has 0 saturated carbocycles. The lowest BCUT2D eigenvalue weighted by Crippen LogP contribution is -2.33. The van der Waals surface area contributed by atoms with Gasteiger partial charge in [-0.3, -0.25) is 9.79 Å². The molecule has 158 valence electrons. The Morgan fingerprint density at radius 3 is 2.19 bits per heavy atom. The van der Waals surface area contributed by atoms with Crippen molar-refractivity contribution >= 4 is 18.0 Å². The van der Waals surface area contributed by atoms with Crippen LogP contribution in [0.3, 0.4) is 0 Å². The van der Waals surface area contributed by atoms with E-state index in [9.17, 15) is 9.59 Å². The van der Waals surface area contributed by atoms with Crippen molar-refractivity contribution in [2.75, 3.05) is 45.9 Å². The van der Waals surface area contributed by atoms with Crippen LogP contribution in [0.2, 0.25) is 0 Å². The Bertz CT molecular complexity index is 415. The Morgan fingerprint density at radius 1 is 0.815 bits per heavy atom. The van der Waals surface area contributed by atoms with Crippen LogP contribution < -0.4 is 33.2 Å². The summed E-state index contributed by atoms with van der Waals surface area (Å²) in [7, 11) is 0. The van der Waals surface area contributed by atoms with E-state index in [1.54, 1.807) is 0 Å². The fourth-order valence-electron chi connectivity index (χ4n) is 2.18. The number of rotatable bonds is 17. The van der Waals surface area contributed by atoms with Crippen LogP contribution in [0, 0.1) is 0 Å². The minimum atomic E-state index is -0.574. The van der Waals surface area contributed by atoms with Crippen molar-refractivity contribution in [2.45, 2.75) is 44.9 Å². The summed E-state index contributed by atoms with van der Waals surface area (Å²) in [5.74, 6) is -0.181. The summed E-state index contributed by atoms with van der Waals surface area (Å²) in [6.07, 6.45) is 5.93. The van der Waals surface area contributed by atoms with Crippen molar-refractivity contribution in [2.24, 2.45) is 22.2 Å². The average Bonchev–Trinajstić information content (AvgIpc) is 2.64. The highest BCUT2D eigenvalue weighted by molar-refractivity contribution is 5.80. The molecule has 0 spiro atoms. The standard InChI is InChI=1S/C17H37N7O3/c18-8-7-10-21-9-5-6-11-22-15(25)14-27-17(26)24-13-4-2-1-3-12-23-16(19)20/h21H,1-14,18H2,(H,22,25)(H,24,26)(H4,19,20,23). The van der Waals surface area contributed by atoms with E-state index in [1.165, 1.54) is 0 Å². The molecule has 0 atom stereocenters. The lowest BCUT2D eigenvalue weighted by Gasteiger charge is -2.08. The van der Waals surface area contributed by atoms with Gasteiger partial charge in [0.05, 0.1) is 0 Å². The van der Waals surface area contributed by atoms with Gasteiger partial charge in [-0.2, -0.15) is 0 Å². The number of alkyl carbamates (subject to hydrolysis) is 1. The van der Waals surface area contributed by atoms with Gasteiger partial charge in [0.1, 0.15) is 0 Å². The summed E-state index contributed by atoms with van der Waals surface area (Å²) in [5, 5.41) is 8.62. The number of carbonyl (C=O) groups excluding carboxylic acids is 2. The first-order chi connectivity index (χ1) is 13.1. The van der Waals surface area contributed by atoms with E-state index in [1.807, 2.05) is 0 Å². The van der Waals surface area contributed by atoms with Crippen LogP contribution in [0.25, 0.3) is 0 Å². The van der Waals surface area contributed by atoms with Crippen molar-refractivity contribution < 1.29 is 14.3 Å². The van der Waals surface area contributed by atoms with Crippen LogP contribution in [-0.4, -0.2) is 63.8 Å². The molecule has 0 aromatic carbocycles. The van der Waals surface area contributed by atoms with Gasteiger partial charge in [0.25, 0.3) is 5.91 Å². The van der Waals surface area contributed by atoms with Crippen LogP contribution in [0.5, 0.6) is 0 Å². The molecule has 0 aromatic rings. The summed E-state index contributed by atoms with van der Waals surface area (Å²) >= 11 is 0. The summed E-state index contributed by atoms with van der Waals surface area (Å²) in [6, 6.07) is 0. The van der Waals surface area contributed by atoms with Crippen molar-refractivity contribution in [3.63, 3.8) is 0 Å². The molecule has 10 heteroatoms. The quantitative estimate of drug-likeness (QED) is 0.110.